The number of rotatable bonds is 5. The SMILES string of the molecule is O=C(O)CCNC(=O)Nc1ccc(N2CCCC2=O)c(F)c1. The highest BCUT2D eigenvalue weighted by atomic mass is 19.1. The van der Waals surface area contributed by atoms with Crippen molar-refractivity contribution < 1.29 is 23.9 Å². The molecule has 1 aromatic carbocycles. The number of hydrogen-bond donors (Lipinski definition) is 3. The Morgan fingerprint density at radius 1 is 1.36 bits per heavy atom. The van der Waals surface area contributed by atoms with Crippen molar-refractivity contribution in [3.63, 3.8) is 0 Å². The van der Waals surface area contributed by atoms with Gasteiger partial charge in [0.2, 0.25) is 5.91 Å². The molecule has 0 spiro atoms. The summed E-state index contributed by atoms with van der Waals surface area (Å²) in [5, 5.41) is 13.2. The van der Waals surface area contributed by atoms with Crippen molar-refractivity contribution in [2.24, 2.45) is 0 Å². The first-order chi connectivity index (χ1) is 10.5. The van der Waals surface area contributed by atoms with Gasteiger partial charge < -0.3 is 20.6 Å². The van der Waals surface area contributed by atoms with E-state index in [2.05, 4.69) is 10.6 Å². The van der Waals surface area contributed by atoms with Crippen LogP contribution in [-0.4, -0.2) is 36.1 Å². The summed E-state index contributed by atoms with van der Waals surface area (Å²) in [6.45, 7) is 0.461. The Hall–Kier alpha value is -2.64. The summed E-state index contributed by atoms with van der Waals surface area (Å²) in [6.07, 6.45) is 0.910. The van der Waals surface area contributed by atoms with Gasteiger partial charge in [-0.3, -0.25) is 9.59 Å². The number of carboxylic acid groups (broad SMARTS) is 1. The van der Waals surface area contributed by atoms with Crippen LogP contribution in [-0.2, 0) is 9.59 Å². The Balaban J connectivity index is 1.96. The summed E-state index contributed by atoms with van der Waals surface area (Å²) in [4.78, 5) is 34.8. The zero-order valence-corrected chi connectivity index (χ0v) is 11.8. The summed E-state index contributed by atoms with van der Waals surface area (Å²) in [6, 6.07) is 3.43. The lowest BCUT2D eigenvalue weighted by Crippen LogP contribution is -2.30. The number of carbonyl (C=O) groups is 3. The lowest BCUT2D eigenvalue weighted by atomic mass is 10.2. The first kappa shape index (κ1) is 15.7. The minimum atomic E-state index is -1.02. The Morgan fingerprint density at radius 3 is 2.73 bits per heavy atom. The molecule has 0 aromatic heterocycles. The largest absolute Gasteiger partial charge is 0.481 e. The van der Waals surface area contributed by atoms with Crippen LogP contribution in [0.4, 0.5) is 20.6 Å². The molecule has 8 heteroatoms. The number of halogens is 1. The Labute approximate surface area is 126 Å². The monoisotopic (exact) mass is 309 g/mol. The lowest BCUT2D eigenvalue weighted by molar-refractivity contribution is -0.136. The second kappa shape index (κ2) is 6.88. The van der Waals surface area contributed by atoms with Crippen LogP contribution in [0.25, 0.3) is 0 Å². The number of carboxylic acids is 1. The van der Waals surface area contributed by atoms with E-state index in [1.54, 1.807) is 0 Å². The van der Waals surface area contributed by atoms with E-state index in [0.717, 1.165) is 6.07 Å². The number of anilines is 2. The van der Waals surface area contributed by atoms with Crippen LogP contribution >= 0.6 is 0 Å². The molecule has 3 amide bonds. The maximum Gasteiger partial charge on any atom is 0.319 e. The lowest BCUT2D eigenvalue weighted by Gasteiger charge is -2.17. The number of benzene rings is 1. The van der Waals surface area contributed by atoms with Crippen LogP contribution in [0.3, 0.4) is 0 Å². The number of amides is 3. The van der Waals surface area contributed by atoms with E-state index in [4.69, 9.17) is 5.11 Å². The number of aliphatic carboxylic acids is 1. The Morgan fingerprint density at radius 2 is 2.14 bits per heavy atom. The van der Waals surface area contributed by atoms with Gasteiger partial charge in [0.15, 0.2) is 0 Å². The Kier molecular flexibility index (Phi) is 4.92. The number of nitrogens with one attached hydrogen (secondary N) is 2. The molecule has 22 heavy (non-hydrogen) atoms. The summed E-state index contributed by atoms with van der Waals surface area (Å²) >= 11 is 0. The molecule has 1 aliphatic heterocycles. The zero-order valence-electron chi connectivity index (χ0n) is 11.8. The topological polar surface area (TPSA) is 98.7 Å². The van der Waals surface area contributed by atoms with Crippen molar-refractivity contribution in [1.29, 1.82) is 0 Å². The molecule has 0 saturated carbocycles. The van der Waals surface area contributed by atoms with Crippen molar-refractivity contribution in [2.75, 3.05) is 23.3 Å². The quantitative estimate of drug-likeness (QED) is 0.768. The molecule has 3 N–H and O–H groups in total. The standard InChI is InChI=1S/C14H16FN3O4/c15-10-8-9(17-14(22)16-6-5-13(20)21)3-4-11(10)18-7-1-2-12(18)19/h3-4,8H,1-2,5-7H2,(H,20,21)(H2,16,17,22). The van der Waals surface area contributed by atoms with Gasteiger partial charge in [-0.25, -0.2) is 9.18 Å². The third-order valence-electron chi connectivity index (χ3n) is 3.19. The molecular formula is C14H16FN3O4. The molecule has 1 aliphatic rings. The molecule has 0 bridgehead atoms. The van der Waals surface area contributed by atoms with Gasteiger partial charge >= 0.3 is 12.0 Å². The highest BCUT2D eigenvalue weighted by molar-refractivity contribution is 5.96. The molecule has 2 rings (SSSR count). The van der Waals surface area contributed by atoms with Crippen molar-refractivity contribution in [2.45, 2.75) is 19.3 Å². The summed E-state index contributed by atoms with van der Waals surface area (Å²) < 4.78 is 14.0. The van der Waals surface area contributed by atoms with Gasteiger partial charge in [-0.05, 0) is 24.6 Å². The minimum Gasteiger partial charge on any atom is -0.481 e. The second-order valence-electron chi connectivity index (χ2n) is 4.84. The van der Waals surface area contributed by atoms with E-state index in [0.29, 0.717) is 19.4 Å². The predicted octanol–water partition coefficient (Wildman–Crippen LogP) is 1.55. The molecule has 1 heterocycles. The summed E-state index contributed by atoms with van der Waals surface area (Å²) in [5.41, 5.74) is 0.417. The Bertz CT molecular complexity index is 606. The van der Waals surface area contributed by atoms with Crippen LogP contribution in [0.15, 0.2) is 18.2 Å². The molecule has 0 unspecified atom stereocenters. The van der Waals surface area contributed by atoms with E-state index in [1.165, 1.54) is 17.0 Å². The van der Waals surface area contributed by atoms with Crippen LogP contribution < -0.4 is 15.5 Å². The highest BCUT2D eigenvalue weighted by Crippen LogP contribution is 2.26. The van der Waals surface area contributed by atoms with Crippen molar-refractivity contribution in [1.82, 2.24) is 5.32 Å². The van der Waals surface area contributed by atoms with Gasteiger partial charge in [-0.15, -0.1) is 0 Å². The molecule has 0 atom stereocenters. The molecular weight excluding hydrogens is 293 g/mol. The smallest absolute Gasteiger partial charge is 0.319 e. The van der Waals surface area contributed by atoms with Gasteiger partial charge in [0.25, 0.3) is 0 Å². The molecule has 1 aromatic rings. The third-order valence-corrected chi connectivity index (χ3v) is 3.19. The summed E-state index contributed by atoms with van der Waals surface area (Å²) in [7, 11) is 0. The van der Waals surface area contributed by atoms with Gasteiger partial charge in [0.05, 0.1) is 12.1 Å². The van der Waals surface area contributed by atoms with Crippen LogP contribution in [0, 0.1) is 5.82 Å². The van der Waals surface area contributed by atoms with E-state index in [9.17, 15) is 18.8 Å². The van der Waals surface area contributed by atoms with E-state index >= 15 is 0 Å². The second-order valence-corrected chi connectivity index (χ2v) is 4.84. The maximum absolute atomic E-state index is 14.0. The molecule has 7 nitrogen and oxygen atoms in total. The minimum absolute atomic E-state index is 0.0238. The number of hydrogen-bond acceptors (Lipinski definition) is 3. The maximum atomic E-state index is 14.0. The van der Waals surface area contributed by atoms with Gasteiger partial charge in [0, 0.05) is 25.2 Å². The zero-order chi connectivity index (χ0) is 16.1. The fourth-order valence-electron chi connectivity index (χ4n) is 2.16. The van der Waals surface area contributed by atoms with E-state index in [-0.39, 0.29) is 30.2 Å². The van der Waals surface area contributed by atoms with Gasteiger partial charge in [-0.2, -0.15) is 0 Å². The molecule has 118 valence electrons. The molecule has 0 aliphatic carbocycles. The average Bonchev–Trinajstić information content (AvgIpc) is 2.84. The first-order valence-electron chi connectivity index (χ1n) is 6.84. The van der Waals surface area contributed by atoms with Crippen LogP contribution in [0.5, 0.6) is 0 Å². The number of nitrogens with zero attached hydrogens (tertiary/aromatic N) is 1. The van der Waals surface area contributed by atoms with Gasteiger partial charge in [-0.1, -0.05) is 0 Å². The van der Waals surface area contributed by atoms with Crippen molar-refractivity contribution in [3.8, 4) is 0 Å². The highest BCUT2D eigenvalue weighted by Gasteiger charge is 2.24. The first-order valence-corrected chi connectivity index (χ1v) is 6.84. The fourth-order valence-corrected chi connectivity index (χ4v) is 2.16. The molecule has 0 radical (unpaired) electrons. The van der Waals surface area contributed by atoms with Crippen LogP contribution in [0.2, 0.25) is 0 Å². The third kappa shape index (κ3) is 3.94. The van der Waals surface area contributed by atoms with Crippen LogP contribution in [0.1, 0.15) is 19.3 Å². The molecule has 1 fully saturated rings. The molecule has 1 saturated heterocycles. The van der Waals surface area contributed by atoms with E-state index < -0.39 is 17.8 Å². The summed E-state index contributed by atoms with van der Waals surface area (Å²) in [5.74, 6) is -1.74. The van der Waals surface area contributed by atoms with E-state index in [1.807, 2.05) is 0 Å². The number of carbonyl (C=O) groups excluding carboxylic acids is 2. The normalized spacial score (nSPS) is 14.0. The van der Waals surface area contributed by atoms with Gasteiger partial charge in [0.1, 0.15) is 5.82 Å². The fraction of sp³-hybridized carbons (Fsp3) is 0.357. The number of urea groups is 1. The predicted molar refractivity (Wildman–Crippen MR) is 77.3 cm³/mol. The van der Waals surface area contributed by atoms with Crippen molar-refractivity contribution in [3.05, 3.63) is 24.0 Å². The van der Waals surface area contributed by atoms with Crippen molar-refractivity contribution >= 4 is 29.3 Å². The average molecular weight is 309 g/mol.